The number of halogens is 1. The summed E-state index contributed by atoms with van der Waals surface area (Å²) < 4.78 is 43.8. The van der Waals surface area contributed by atoms with Gasteiger partial charge < -0.3 is 9.64 Å². The molecule has 4 rings (SSSR count). The maximum atomic E-state index is 14.8. The lowest BCUT2D eigenvalue weighted by molar-refractivity contribution is -0.141. The highest BCUT2D eigenvalue weighted by Crippen LogP contribution is 2.35. The van der Waals surface area contributed by atoms with Gasteiger partial charge in [-0.1, -0.05) is 39.0 Å². The Morgan fingerprint density at radius 2 is 1.78 bits per heavy atom. The van der Waals surface area contributed by atoms with Crippen LogP contribution in [0.2, 0.25) is 0 Å². The van der Waals surface area contributed by atoms with Gasteiger partial charge in [-0.2, -0.15) is 0 Å². The summed E-state index contributed by atoms with van der Waals surface area (Å²) in [6.07, 6.45) is 1.75. The van der Waals surface area contributed by atoms with E-state index >= 15 is 0 Å². The normalized spacial score (nSPS) is 19.8. The molecule has 0 saturated carbocycles. The summed E-state index contributed by atoms with van der Waals surface area (Å²) >= 11 is 0. The predicted octanol–water partition coefficient (Wildman–Crippen LogP) is 4.58. The minimum absolute atomic E-state index is 0.00291. The number of ether oxygens (including phenoxy) is 1. The highest BCUT2D eigenvalue weighted by Gasteiger charge is 2.37. The predicted molar refractivity (Wildman–Crippen MR) is 141 cm³/mol. The average Bonchev–Trinajstić information content (AvgIpc) is 2.83. The topological polar surface area (TPSA) is 80.8 Å². The van der Waals surface area contributed by atoms with Gasteiger partial charge in [-0.05, 0) is 71.0 Å². The van der Waals surface area contributed by atoms with Gasteiger partial charge in [0.05, 0.1) is 18.6 Å². The first-order chi connectivity index (χ1) is 17.4. The van der Waals surface area contributed by atoms with E-state index in [0.29, 0.717) is 42.7 Å². The third-order valence-electron chi connectivity index (χ3n) is 7.56. The molecule has 0 spiro atoms. The quantitative estimate of drug-likeness (QED) is 0.547. The Morgan fingerprint density at radius 3 is 2.41 bits per heavy atom. The molecule has 0 N–H and O–H groups in total. The molecule has 0 unspecified atom stereocenters. The highest BCUT2D eigenvalue weighted by molar-refractivity contribution is 7.91. The molecule has 1 amide bonds. The van der Waals surface area contributed by atoms with Gasteiger partial charge in [-0.25, -0.2) is 12.8 Å². The molecule has 200 valence electrons. The number of Topliss-reactive ketones (excluding diaryl/α,β-unsaturated/α-hetero) is 1. The number of fused-ring (bicyclic) bond motifs is 1. The third kappa shape index (κ3) is 6.22. The van der Waals surface area contributed by atoms with Crippen molar-refractivity contribution in [3.8, 4) is 5.75 Å². The molecule has 2 aromatic carbocycles. The molecule has 2 aliphatic heterocycles. The molecule has 1 fully saturated rings. The number of sulfone groups is 1. The summed E-state index contributed by atoms with van der Waals surface area (Å²) in [4.78, 5) is 28.9. The summed E-state index contributed by atoms with van der Waals surface area (Å²) in [6.45, 7) is 6.20. The van der Waals surface area contributed by atoms with Crippen LogP contribution in [0.3, 0.4) is 0 Å². The molecule has 2 heterocycles. The number of hydrogen-bond acceptors (Lipinski definition) is 5. The number of carbonyl (C=O) groups is 2. The standard InChI is InChI=1S/C29H36FNO5S/c1-29(2,3)24-8-5-20(15-25(24)30)16-26(32)28-23-7-6-22(36-4)18-21(23)9-12-31(28)27(33)17-19-10-13-37(34,35)14-11-19/h5-8,15,18-19,28H,9-14,16-17H2,1-4H3/t28-/m1/s1. The molecule has 0 radical (unpaired) electrons. The van der Waals surface area contributed by atoms with Gasteiger partial charge >= 0.3 is 0 Å². The van der Waals surface area contributed by atoms with Crippen LogP contribution in [0, 0.1) is 11.7 Å². The van der Waals surface area contributed by atoms with Gasteiger partial charge in [-0.15, -0.1) is 0 Å². The molecule has 1 atom stereocenters. The molecule has 2 aromatic rings. The maximum absolute atomic E-state index is 14.8. The van der Waals surface area contributed by atoms with Gasteiger partial charge in [0.25, 0.3) is 0 Å². The second-order valence-electron chi connectivity index (χ2n) is 11.3. The monoisotopic (exact) mass is 529 g/mol. The Bertz CT molecular complexity index is 1280. The Hall–Kier alpha value is -2.74. The van der Waals surface area contributed by atoms with E-state index in [1.165, 1.54) is 6.07 Å². The number of rotatable bonds is 6. The zero-order chi connectivity index (χ0) is 27.0. The molecule has 0 bridgehead atoms. The van der Waals surface area contributed by atoms with Crippen molar-refractivity contribution in [1.82, 2.24) is 4.90 Å². The van der Waals surface area contributed by atoms with E-state index in [0.717, 1.165) is 11.1 Å². The summed E-state index contributed by atoms with van der Waals surface area (Å²) in [5, 5.41) is 0. The van der Waals surface area contributed by atoms with E-state index in [9.17, 15) is 22.4 Å². The second-order valence-corrected chi connectivity index (χ2v) is 13.6. The van der Waals surface area contributed by atoms with Crippen molar-refractivity contribution in [3.63, 3.8) is 0 Å². The lowest BCUT2D eigenvalue weighted by atomic mass is 9.84. The molecular weight excluding hydrogens is 493 g/mol. The highest BCUT2D eigenvalue weighted by atomic mass is 32.2. The third-order valence-corrected chi connectivity index (χ3v) is 9.28. The van der Waals surface area contributed by atoms with Crippen LogP contribution in [0.15, 0.2) is 36.4 Å². The first-order valence-corrected chi connectivity index (χ1v) is 14.7. The van der Waals surface area contributed by atoms with Crippen molar-refractivity contribution >= 4 is 21.5 Å². The summed E-state index contributed by atoms with van der Waals surface area (Å²) in [5.74, 6) is 0.229. The van der Waals surface area contributed by atoms with Crippen LogP contribution in [-0.4, -0.2) is 50.2 Å². The lowest BCUT2D eigenvalue weighted by Crippen LogP contribution is -2.45. The minimum Gasteiger partial charge on any atom is -0.497 e. The Labute approximate surface area is 219 Å². The van der Waals surface area contributed by atoms with E-state index in [-0.39, 0.29) is 53.2 Å². The van der Waals surface area contributed by atoms with E-state index in [1.54, 1.807) is 30.2 Å². The number of benzene rings is 2. The van der Waals surface area contributed by atoms with Crippen LogP contribution in [0.1, 0.15) is 68.3 Å². The first-order valence-electron chi connectivity index (χ1n) is 12.9. The number of carbonyl (C=O) groups excluding carboxylic acids is 2. The van der Waals surface area contributed by atoms with Crippen LogP contribution >= 0.6 is 0 Å². The largest absolute Gasteiger partial charge is 0.497 e. The molecule has 0 aromatic heterocycles. The van der Waals surface area contributed by atoms with Crippen molar-refractivity contribution in [2.75, 3.05) is 25.2 Å². The fraction of sp³-hybridized carbons (Fsp3) is 0.517. The molecule has 2 aliphatic rings. The van der Waals surface area contributed by atoms with Crippen molar-refractivity contribution in [1.29, 1.82) is 0 Å². The molecule has 0 aliphatic carbocycles. The van der Waals surface area contributed by atoms with Gasteiger partial charge in [0, 0.05) is 19.4 Å². The lowest BCUT2D eigenvalue weighted by Gasteiger charge is -2.37. The van der Waals surface area contributed by atoms with Gasteiger partial charge in [-0.3, -0.25) is 9.59 Å². The van der Waals surface area contributed by atoms with Crippen LogP contribution in [-0.2, 0) is 37.7 Å². The van der Waals surface area contributed by atoms with Crippen LogP contribution < -0.4 is 4.74 Å². The minimum atomic E-state index is -3.02. The average molecular weight is 530 g/mol. The summed E-state index contributed by atoms with van der Waals surface area (Å²) in [5.41, 5.74) is 2.53. The fourth-order valence-electron chi connectivity index (χ4n) is 5.43. The SMILES string of the molecule is COc1ccc2c(c1)CCN(C(=O)CC1CCS(=O)(=O)CC1)[C@H]2C(=O)Cc1ccc(C(C)(C)C)c(F)c1. The number of nitrogens with zero attached hydrogens (tertiary/aromatic N) is 1. The molecule has 37 heavy (non-hydrogen) atoms. The Balaban J connectivity index is 1.60. The summed E-state index contributed by atoms with van der Waals surface area (Å²) in [7, 11) is -1.43. The zero-order valence-electron chi connectivity index (χ0n) is 22.1. The molecule has 1 saturated heterocycles. The first kappa shape index (κ1) is 27.3. The Kier molecular flexibility index (Phi) is 7.79. The Morgan fingerprint density at radius 1 is 1.08 bits per heavy atom. The number of ketones is 1. The van der Waals surface area contributed by atoms with Gasteiger partial charge in [0.2, 0.25) is 5.91 Å². The smallest absolute Gasteiger partial charge is 0.223 e. The second kappa shape index (κ2) is 10.6. The van der Waals surface area contributed by atoms with Gasteiger partial charge in [0.15, 0.2) is 5.78 Å². The zero-order valence-corrected chi connectivity index (χ0v) is 22.9. The number of amides is 1. The molecule has 8 heteroatoms. The van der Waals surface area contributed by atoms with Gasteiger partial charge in [0.1, 0.15) is 27.4 Å². The maximum Gasteiger partial charge on any atom is 0.223 e. The van der Waals surface area contributed by atoms with Crippen molar-refractivity contribution in [3.05, 3.63) is 64.5 Å². The fourth-order valence-corrected chi connectivity index (χ4v) is 7.02. The van der Waals surface area contributed by atoms with Crippen LogP contribution in [0.4, 0.5) is 4.39 Å². The van der Waals surface area contributed by atoms with Crippen molar-refractivity contribution in [2.45, 2.75) is 64.3 Å². The van der Waals surface area contributed by atoms with E-state index in [1.807, 2.05) is 32.9 Å². The van der Waals surface area contributed by atoms with Crippen LogP contribution in [0.25, 0.3) is 0 Å². The van der Waals surface area contributed by atoms with Crippen molar-refractivity contribution in [2.24, 2.45) is 5.92 Å². The number of hydrogen-bond donors (Lipinski definition) is 0. The summed E-state index contributed by atoms with van der Waals surface area (Å²) in [6, 6.07) is 9.70. The van der Waals surface area contributed by atoms with Crippen molar-refractivity contribution < 1.29 is 27.1 Å². The van der Waals surface area contributed by atoms with E-state index < -0.39 is 15.9 Å². The molecular formula is C29H36FNO5S. The molecule has 6 nitrogen and oxygen atoms in total. The van der Waals surface area contributed by atoms with Crippen LogP contribution in [0.5, 0.6) is 5.75 Å². The van der Waals surface area contributed by atoms with E-state index in [2.05, 4.69) is 0 Å². The number of methoxy groups -OCH3 is 1. The van der Waals surface area contributed by atoms with E-state index in [4.69, 9.17) is 4.74 Å².